The maximum absolute atomic E-state index is 11.4. The molecule has 1 aromatic carbocycles. The molecule has 2 rings (SSSR count). The molecule has 0 aliphatic heterocycles. The van der Waals surface area contributed by atoms with E-state index in [-0.39, 0.29) is 23.0 Å². The molecular formula is C11H8ClN3O3. The number of rotatable bonds is 3. The zero-order valence-electron chi connectivity index (χ0n) is 9.09. The number of para-hydroxylation sites is 1. The summed E-state index contributed by atoms with van der Waals surface area (Å²) in [5, 5.41) is 10.9. The Kier molecular flexibility index (Phi) is 3.38. The van der Waals surface area contributed by atoms with E-state index in [1.54, 1.807) is 12.1 Å². The largest absolute Gasteiger partial charge is 0.306 e. The summed E-state index contributed by atoms with van der Waals surface area (Å²) in [7, 11) is 0. The molecule has 92 valence electrons. The molecule has 1 N–H and O–H groups in total. The average molecular weight is 266 g/mol. The number of H-pyrrole nitrogens is 1. The van der Waals surface area contributed by atoms with Crippen LogP contribution in [0.3, 0.4) is 0 Å². The zero-order chi connectivity index (χ0) is 13.1. The molecule has 1 aromatic heterocycles. The molecule has 0 fully saturated rings. The van der Waals surface area contributed by atoms with Crippen molar-refractivity contribution in [2.75, 3.05) is 0 Å². The highest BCUT2D eigenvalue weighted by Crippen LogP contribution is 2.26. The monoisotopic (exact) mass is 265 g/mol. The predicted octanol–water partition coefficient (Wildman–Crippen LogP) is 2.08. The second-order valence-electron chi connectivity index (χ2n) is 3.49. The molecule has 0 radical (unpaired) electrons. The van der Waals surface area contributed by atoms with Crippen molar-refractivity contribution in [1.82, 2.24) is 9.97 Å². The Morgan fingerprint density at radius 2 is 2.11 bits per heavy atom. The Balaban J connectivity index is 2.65. The number of halogens is 1. The number of hydrogen-bond acceptors (Lipinski definition) is 4. The van der Waals surface area contributed by atoms with Crippen LogP contribution in [0.4, 0.5) is 5.69 Å². The number of aromatic nitrogens is 2. The standard InChI is InChI=1S/C11H8ClN3O3/c12-6-7-5-10(16)14-11(13-7)8-3-1-2-4-9(8)15(17)18/h1-5H,6H2,(H,13,14,16). The Morgan fingerprint density at radius 3 is 2.78 bits per heavy atom. The third-order valence-electron chi connectivity index (χ3n) is 2.29. The van der Waals surface area contributed by atoms with Gasteiger partial charge in [-0.25, -0.2) is 4.98 Å². The Hall–Kier alpha value is -2.21. The van der Waals surface area contributed by atoms with Crippen LogP contribution < -0.4 is 5.56 Å². The van der Waals surface area contributed by atoms with E-state index in [2.05, 4.69) is 9.97 Å². The molecule has 0 saturated heterocycles. The molecule has 0 bridgehead atoms. The van der Waals surface area contributed by atoms with E-state index in [0.29, 0.717) is 5.69 Å². The molecular weight excluding hydrogens is 258 g/mol. The third-order valence-corrected chi connectivity index (χ3v) is 2.56. The maximum atomic E-state index is 11.4. The van der Waals surface area contributed by atoms with Gasteiger partial charge in [-0.05, 0) is 6.07 Å². The van der Waals surface area contributed by atoms with E-state index >= 15 is 0 Å². The van der Waals surface area contributed by atoms with Crippen LogP contribution in [0, 0.1) is 10.1 Å². The number of nitrogens with one attached hydrogen (secondary N) is 1. The highest BCUT2D eigenvalue weighted by molar-refractivity contribution is 6.16. The fourth-order valence-electron chi connectivity index (χ4n) is 1.54. The minimum atomic E-state index is -0.525. The lowest BCUT2D eigenvalue weighted by atomic mass is 10.1. The summed E-state index contributed by atoms with van der Waals surface area (Å²) in [4.78, 5) is 28.3. The molecule has 0 unspecified atom stereocenters. The number of nitro benzene ring substituents is 1. The Morgan fingerprint density at radius 1 is 1.39 bits per heavy atom. The van der Waals surface area contributed by atoms with Gasteiger partial charge in [0.1, 0.15) is 5.82 Å². The van der Waals surface area contributed by atoms with Gasteiger partial charge < -0.3 is 4.98 Å². The molecule has 0 aliphatic carbocycles. The summed E-state index contributed by atoms with van der Waals surface area (Å²) in [6, 6.07) is 7.31. The van der Waals surface area contributed by atoms with E-state index in [9.17, 15) is 14.9 Å². The minimum absolute atomic E-state index is 0.0670. The van der Waals surface area contributed by atoms with Gasteiger partial charge in [-0.15, -0.1) is 11.6 Å². The molecule has 6 nitrogen and oxygen atoms in total. The number of nitrogens with zero attached hydrogens (tertiary/aromatic N) is 2. The first-order valence-electron chi connectivity index (χ1n) is 5.02. The summed E-state index contributed by atoms with van der Waals surface area (Å²) >= 11 is 5.61. The van der Waals surface area contributed by atoms with E-state index < -0.39 is 10.5 Å². The van der Waals surface area contributed by atoms with Gasteiger partial charge in [-0.3, -0.25) is 14.9 Å². The van der Waals surface area contributed by atoms with Crippen molar-refractivity contribution in [2.45, 2.75) is 5.88 Å². The molecule has 2 aromatic rings. The van der Waals surface area contributed by atoms with E-state index in [1.165, 1.54) is 18.2 Å². The highest BCUT2D eigenvalue weighted by Gasteiger charge is 2.16. The molecule has 0 amide bonds. The van der Waals surface area contributed by atoms with Crippen LogP contribution in [0.1, 0.15) is 5.69 Å². The second kappa shape index (κ2) is 4.97. The Labute approximate surface area is 106 Å². The van der Waals surface area contributed by atoms with Crippen molar-refractivity contribution in [2.24, 2.45) is 0 Å². The molecule has 18 heavy (non-hydrogen) atoms. The van der Waals surface area contributed by atoms with E-state index in [0.717, 1.165) is 0 Å². The van der Waals surface area contributed by atoms with Crippen LogP contribution in [0.2, 0.25) is 0 Å². The van der Waals surface area contributed by atoms with Crippen LogP contribution in [-0.2, 0) is 5.88 Å². The second-order valence-corrected chi connectivity index (χ2v) is 3.76. The summed E-state index contributed by atoms with van der Waals surface area (Å²) in [6.45, 7) is 0. The first-order chi connectivity index (χ1) is 8.61. The van der Waals surface area contributed by atoms with Gasteiger partial charge in [0.25, 0.3) is 11.2 Å². The van der Waals surface area contributed by atoms with Crippen molar-refractivity contribution >= 4 is 17.3 Å². The summed E-state index contributed by atoms with van der Waals surface area (Å²) < 4.78 is 0. The molecule has 0 spiro atoms. The van der Waals surface area contributed by atoms with Crippen LogP contribution in [0.25, 0.3) is 11.4 Å². The average Bonchev–Trinajstić information content (AvgIpc) is 2.38. The van der Waals surface area contributed by atoms with E-state index in [1.807, 2.05) is 0 Å². The van der Waals surface area contributed by atoms with Crippen molar-refractivity contribution in [1.29, 1.82) is 0 Å². The molecule has 0 saturated carbocycles. The van der Waals surface area contributed by atoms with Crippen molar-refractivity contribution in [3.8, 4) is 11.4 Å². The van der Waals surface area contributed by atoms with E-state index in [4.69, 9.17) is 11.6 Å². The Bertz CT molecular complexity index is 654. The molecule has 0 aliphatic rings. The number of aromatic amines is 1. The lowest BCUT2D eigenvalue weighted by molar-refractivity contribution is -0.384. The fourth-order valence-corrected chi connectivity index (χ4v) is 1.67. The predicted molar refractivity (Wildman–Crippen MR) is 66.5 cm³/mol. The summed E-state index contributed by atoms with van der Waals surface area (Å²) in [5.74, 6) is 0.211. The first-order valence-corrected chi connectivity index (χ1v) is 5.55. The number of alkyl halides is 1. The third kappa shape index (κ3) is 2.38. The SMILES string of the molecule is O=c1cc(CCl)nc(-c2ccccc2[N+](=O)[O-])[nH]1. The van der Waals surface area contributed by atoms with Gasteiger partial charge in [0.15, 0.2) is 0 Å². The van der Waals surface area contributed by atoms with Gasteiger partial charge in [0.05, 0.1) is 22.1 Å². The van der Waals surface area contributed by atoms with Gasteiger partial charge in [-0.1, -0.05) is 12.1 Å². The van der Waals surface area contributed by atoms with Crippen LogP contribution in [0.15, 0.2) is 35.1 Å². The fraction of sp³-hybridized carbons (Fsp3) is 0.0909. The molecule has 0 atom stereocenters. The number of nitro groups is 1. The van der Waals surface area contributed by atoms with Crippen molar-refractivity contribution in [3.63, 3.8) is 0 Å². The van der Waals surface area contributed by atoms with Gasteiger partial charge in [-0.2, -0.15) is 0 Å². The lowest BCUT2D eigenvalue weighted by Crippen LogP contribution is -2.10. The van der Waals surface area contributed by atoms with Crippen LogP contribution in [0.5, 0.6) is 0 Å². The van der Waals surface area contributed by atoms with Gasteiger partial charge in [0.2, 0.25) is 0 Å². The van der Waals surface area contributed by atoms with Gasteiger partial charge >= 0.3 is 0 Å². The zero-order valence-corrected chi connectivity index (χ0v) is 9.85. The normalized spacial score (nSPS) is 10.3. The summed E-state index contributed by atoms with van der Waals surface area (Å²) in [6.07, 6.45) is 0. The summed E-state index contributed by atoms with van der Waals surface area (Å²) in [5.41, 5.74) is 0.112. The molecule has 1 heterocycles. The topological polar surface area (TPSA) is 88.9 Å². The van der Waals surface area contributed by atoms with Crippen molar-refractivity contribution < 1.29 is 4.92 Å². The first kappa shape index (κ1) is 12.3. The minimum Gasteiger partial charge on any atom is -0.306 e. The van der Waals surface area contributed by atoms with Crippen molar-refractivity contribution in [3.05, 3.63) is 56.5 Å². The maximum Gasteiger partial charge on any atom is 0.280 e. The molecule has 7 heteroatoms. The van der Waals surface area contributed by atoms with Crippen LogP contribution >= 0.6 is 11.6 Å². The quantitative estimate of drug-likeness (QED) is 0.523. The smallest absolute Gasteiger partial charge is 0.280 e. The number of hydrogen-bond donors (Lipinski definition) is 1. The van der Waals surface area contributed by atoms with Gasteiger partial charge in [0, 0.05) is 12.1 Å². The lowest BCUT2D eigenvalue weighted by Gasteiger charge is -2.03. The number of benzene rings is 1. The van der Waals surface area contributed by atoms with Crippen LogP contribution in [-0.4, -0.2) is 14.9 Å². The highest BCUT2D eigenvalue weighted by atomic mass is 35.5.